The topological polar surface area (TPSA) is 199 Å². The van der Waals surface area contributed by atoms with E-state index >= 15 is 0 Å². The maximum Gasteiger partial charge on any atom is 0.315 e. The lowest BCUT2D eigenvalue weighted by Gasteiger charge is -2.19. The molecule has 3 aromatic carbocycles. The highest BCUT2D eigenvalue weighted by atomic mass is 35.5. The van der Waals surface area contributed by atoms with E-state index in [9.17, 15) is 24.0 Å². The third kappa shape index (κ3) is 12.8. The minimum Gasteiger partial charge on any atom is -0.378 e. The summed E-state index contributed by atoms with van der Waals surface area (Å²) in [6.45, 7) is 0.941. The van der Waals surface area contributed by atoms with E-state index in [4.69, 9.17) is 17.3 Å². The van der Waals surface area contributed by atoms with Crippen molar-refractivity contribution < 1.29 is 24.0 Å². The molecule has 0 saturated carbocycles. The number of nitrogens with zero attached hydrogens (tertiary/aromatic N) is 2. The van der Waals surface area contributed by atoms with Crippen molar-refractivity contribution in [2.24, 2.45) is 10.7 Å². The number of thioether (sulfide) groups is 1. The molecule has 0 spiro atoms. The number of anilines is 2. The van der Waals surface area contributed by atoms with Crippen LogP contribution in [0, 0.1) is 0 Å². The summed E-state index contributed by atoms with van der Waals surface area (Å²) in [4.78, 5) is 69.0. The first-order valence-electron chi connectivity index (χ1n) is 19.0. The Morgan fingerprint density at radius 3 is 2.45 bits per heavy atom. The normalized spacial score (nSPS) is 18.0. The van der Waals surface area contributed by atoms with Gasteiger partial charge in [0, 0.05) is 74.5 Å². The van der Waals surface area contributed by atoms with E-state index in [1.165, 1.54) is 0 Å². The summed E-state index contributed by atoms with van der Waals surface area (Å²) in [5.41, 5.74) is 8.37. The van der Waals surface area contributed by atoms with Crippen molar-refractivity contribution >= 4 is 80.5 Å². The second kappa shape index (κ2) is 20.8. The van der Waals surface area contributed by atoms with Gasteiger partial charge in [-0.2, -0.15) is 11.8 Å². The summed E-state index contributed by atoms with van der Waals surface area (Å²) in [5, 5.41) is 19.7. The van der Waals surface area contributed by atoms with Crippen molar-refractivity contribution in [2.45, 2.75) is 81.3 Å². The number of amidine groups is 1. The molecular weight excluding hydrogens is 754 g/mol. The standard InChI is InChI=1S/C40H52ClN9O5S/c1-50(2)30-18-15-26-21-28(14-13-27(26)22-30)37(53)47-31(7-5-20-44-39(41)42)38(54)45-23-25-11-16-29(17-12-25)46-35(52)10-6-19-43-34(51)9-4-3-8-33-36-32(24-56-33)48-40(55)49-36/h11-18,21-22,31-33,36H,3-10,19-20,23-24H2,1-2H3,(H2,42,44)(H,43,51)(H,45,54)(H,46,52)(H,47,53)(H2,48,49,55)/t31-,32?,33?,36?/m0/s1. The van der Waals surface area contributed by atoms with Gasteiger partial charge in [0.1, 0.15) is 6.04 Å². The van der Waals surface area contributed by atoms with Crippen LogP contribution in [-0.2, 0) is 20.9 Å². The minimum absolute atomic E-state index is 0.0240. The number of unbranched alkanes of at least 4 members (excludes halogenated alkanes) is 1. The molecule has 0 bridgehead atoms. The largest absolute Gasteiger partial charge is 0.378 e. The fourth-order valence-electron chi connectivity index (χ4n) is 6.73. The molecule has 6 amide bonds. The predicted octanol–water partition coefficient (Wildman–Crippen LogP) is 4.22. The van der Waals surface area contributed by atoms with Gasteiger partial charge in [-0.15, -0.1) is 0 Å². The number of halogens is 1. The number of nitrogens with two attached hydrogens (primary N) is 1. The Bertz CT molecular complexity index is 1890. The van der Waals surface area contributed by atoms with Crippen LogP contribution in [0.5, 0.6) is 0 Å². The lowest BCUT2D eigenvalue weighted by molar-refractivity contribution is -0.123. The second-order valence-electron chi connectivity index (χ2n) is 14.3. The summed E-state index contributed by atoms with van der Waals surface area (Å²) in [5.74, 6) is 0.0273. The van der Waals surface area contributed by atoms with Gasteiger partial charge in [0.25, 0.3) is 5.91 Å². The molecule has 3 aromatic rings. The zero-order chi connectivity index (χ0) is 40.0. The van der Waals surface area contributed by atoms with Crippen LogP contribution in [-0.4, -0.2) is 91.3 Å². The maximum atomic E-state index is 13.3. The monoisotopic (exact) mass is 805 g/mol. The third-order valence-corrected chi connectivity index (χ3v) is 11.5. The zero-order valence-electron chi connectivity index (χ0n) is 31.9. The molecule has 2 fully saturated rings. The lowest BCUT2D eigenvalue weighted by Crippen LogP contribution is -2.46. The SMILES string of the molecule is CN(C)c1ccc2cc(C(=O)N[C@@H](CCCN=C(N)Cl)C(=O)NCc3ccc(NC(=O)CCCNC(=O)CCCCC4SCC5NC(=O)NC54)cc3)ccc2c1. The molecule has 4 atom stereocenters. The number of fused-ring (bicyclic) bond motifs is 2. The highest BCUT2D eigenvalue weighted by Crippen LogP contribution is 2.33. The average Bonchev–Trinajstić information content (AvgIpc) is 3.74. The predicted molar refractivity (Wildman–Crippen MR) is 224 cm³/mol. The Morgan fingerprint density at radius 2 is 1.68 bits per heavy atom. The fourth-order valence-corrected chi connectivity index (χ4v) is 8.35. The molecule has 0 radical (unpaired) electrons. The first-order valence-corrected chi connectivity index (χ1v) is 20.5. The van der Waals surface area contributed by atoms with Crippen molar-refractivity contribution in [3.05, 3.63) is 71.8 Å². The Kier molecular flexibility index (Phi) is 15.6. The van der Waals surface area contributed by atoms with Gasteiger partial charge in [0.05, 0.1) is 12.1 Å². The van der Waals surface area contributed by atoms with E-state index < -0.39 is 6.04 Å². The van der Waals surface area contributed by atoms with Crippen molar-refractivity contribution in [1.82, 2.24) is 26.6 Å². The molecule has 2 aliphatic rings. The van der Waals surface area contributed by atoms with E-state index in [0.717, 1.165) is 47.0 Å². The Balaban J connectivity index is 1.01. The molecule has 3 unspecified atom stereocenters. The maximum absolute atomic E-state index is 13.3. The number of carbonyl (C=O) groups excluding carboxylic acids is 5. The van der Waals surface area contributed by atoms with Gasteiger partial charge in [-0.25, -0.2) is 4.79 Å². The average molecular weight is 806 g/mol. The molecule has 16 heteroatoms. The van der Waals surface area contributed by atoms with Crippen molar-refractivity contribution in [3.8, 4) is 0 Å². The Morgan fingerprint density at radius 1 is 0.929 bits per heavy atom. The summed E-state index contributed by atoms with van der Waals surface area (Å²) < 4.78 is 0. The van der Waals surface area contributed by atoms with Crippen LogP contribution in [0.15, 0.2) is 65.7 Å². The summed E-state index contributed by atoms with van der Waals surface area (Å²) >= 11 is 7.54. The van der Waals surface area contributed by atoms with Crippen LogP contribution in [0.3, 0.4) is 0 Å². The van der Waals surface area contributed by atoms with Gasteiger partial charge in [0.15, 0.2) is 5.29 Å². The van der Waals surface area contributed by atoms with Crippen LogP contribution in [0.1, 0.15) is 67.3 Å². The molecule has 0 aromatic heterocycles. The molecule has 5 rings (SSSR count). The van der Waals surface area contributed by atoms with Crippen LogP contribution in [0.25, 0.3) is 10.8 Å². The molecule has 0 aliphatic carbocycles. The smallest absolute Gasteiger partial charge is 0.315 e. The molecule has 2 heterocycles. The molecule has 8 N–H and O–H groups in total. The number of nitrogens with one attached hydrogen (secondary N) is 6. The minimum atomic E-state index is -0.824. The fraction of sp³-hybridized carbons (Fsp3) is 0.450. The van der Waals surface area contributed by atoms with Crippen LogP contribution < -0.4 is 42.5 Å². The van der Waals surface area contributed by atoms with E-state index in [-0.39, 0.29) is 60.0 Å². The van der Waals surface area contributed by atoms with Crippen LogP contribution >= 0.6 is 23.4 Å². The number of carbonyl (C=O) groups is 5. The molecule has 300 valence electrons. The van der Waals surface area contributed by atoms with Gasteiger partial charge in [-0.3, -0.25) is 24.2 Å². The van der Waals surface area contributed by atoms with E-state index in [1.807, 2.05) is 73.2 Å². The van der Waals surface area contributed by atoms with Gasteiger partial charge in [0.2, 0.25) is 17.7 Å². The second-order valence-corrected chi connectivity index (χ2v) is 16.0. The number of urea groups is 1. The van der Waals surface area contributed by atoms with Crippen molar-refractivity contribution in [2.75, 3.05) is 43.2 Å². The Labute approximate surface area is 336 Å². The van der Waals surface area contributed by atoms with Crippen molar-refractivity contribution in [3.63, 3.8) is 0 Å². The molecule has 2 saturated heterocycles. The van der Waals surface area contributed by atoms with E-state index in [1.54, 1.807) is 18.2 Å². The number of benzene rings is 3. The van der Waals surface area contributed by atoms with E-state index in [0.29, 0.717) is 55.3 Å². The first kappa shape index (κ1) is 42.1. The number of rotatable bonds is 20. The van der Waals surface area contributed by atoms with Gasteiger partial charge >= 0.3 is 6.03 Å². The number of hydrogen-bond donors (Lipinski definition) is 7. The number of amides is 6. The molecular formula is C40H52ClN9O5S. The number of aliphatic imine (C=N–C) groups is 1. The summed E-state index contributed by atoms with van der Waals surface area (Å²) in [6.07, 6.45) is 4.66. The van der Waals surface area contributed by atoms with E-state index in [2.05, 4.69) is 36.9 Å². The molecule has 2 aliphatic heterocycles. The van der Waals surface area contributed by atoms with Gasteiger partial charge in [-0.1, -0.05) is 30.7 Å². The first-order chi connectivity index (χ1) is 26.9. The van der Waals surface area contributed by atoms with Gasteiger partial charge < -0.3 is 42.5 Å². The van der Waals surface area contributed by atoms with Crippen LogP contribution in [0.2, 0.25) is 0 Å². The summed E-state index contributed by atoms with van der Waals surface area (Å²) in [7, 11) is 3.94. The van der Waals surface area contributed by atoms with Crippen LogP contribution in [0.4, 0.5) is 16.2 Å². The quantitative estimate of drug-likeness (QED) is 0.0290. The highest BCUT2D eigenvalue weighted by Gasteiger charge is 2.42. The highest BCUT2D eigenvalue weighted by molar-refractivity contribution is 8.00. The lowest BCUT2D eigenvalue weighted by atomic mass is 10.0. The van der Waals surface area contributed by atoms with Gasteiger partial charge in [-0.05, 0) is 96.4 Å². The summed E-state index contributed by atoms with van der Waals surface area (Å²) in [6, 6.07) is 18.1. The third-order valence-electron chi connectivity index (χ3n) is 9.83. The van der Waals surface area contributed by atoms with Crippen molar-refractivity contribution in [1.29, 1.82) is 0 Å². The molecule has 14 nitrogen and oxygen atoms in total. The Hall–Kier alpha value is -5.02. The molecule has 56 heavy (non-hydrogen) atoms. The number of hydrogen-bond acceptors (Lipinski definition) is 8. The zero-order valence-corrected chi connectivity index (χ0v) is 33.4.